The maximum absolute atomic E-state index is 12.2. The summed E-state index contributed by atoms with van der Waals surface area (Å²) in [6.45, 7) is 4.05. The predicted octanol–water partition coefficient (Wildman–Crippen LogP) is 1.54. The molecule has 2 amide bonds. The summed E-state index contributed by atoms with van der Waals surface area (Å²) in [5.74, 6) is 1.44. The van der Waals surface area contributed by atoms with E-state index in [9.17, 15) is 4.79 Å². The van der Waals surface area contributed by atoms with E-state index in [2.05, 4.69) is 15.2 Å². The summed E-state index contributed by atoms with van der Waals surface area (Å²) in [4.78, 5) is 20.1. The maximum atomic E-state index is 12.2. The first-order valence-corrected chi connectivity index (χ1v) is 6.55. The van der Waals surface area contributed by atoms with Crippen LogP contribution in [0.4, 0.5) is 4.79 Å². The van der Waals surface area contributed by atoms with Gasteiger partial charge in [0.05, 0.1) is 6.54 Å². The highest BCUT2D eigenvalue weighted by Gasteiger charge is 2.20. The average molecular weight is 251 g/mol. The fourth-order valence-corrected chi connectivity index (χ4v) is 2.24. The summed E-state index contributed by atoms with van der Waals surface area (Å²) in [5.41, 5.74) is 0. The minimum Gasteiger partial charge on any atom is -0.325 e. The third kappa shape index (κ3) is 3.21. The molecule has 0 spiro atoms. The van der Waals surface area contributed by atoms with Gasteiger partial charge in [-0.1, -0.05) is 12.8 Å². The van der Waals surface area contributed by atoms with Crippen LogP contribution in [0, 0.1) is 6.92 Å². The van der Waals surface area contributed by atoms with E-state index in [0.29, 0.717) is 12.4 Å². The van der Waals surface area contributed by atoms with Crippen LogP contribution in [0.5, 0.6) is 0 Å². The smallest absolute Gasteiger partial charge is 0.320 e. The van der Waals surface area contributed by atoms with Crippen molar-refractivity contribution in [1.29, 1.82) is 0 Å². The number of hydrogen-bond acceptors (Lipinski definition) is 3. The van der Waals surface area contributed by atoms with Crippen molar-refractivity contribution in [2.75, 3.05) is 20.1 Å². The Balaban J connectivity index is 1.91. The molecule has 2 rings (SSSR count). The number of aromatic nitrogens is 3. The Labute approximate surface area is 107 Å². The van der Waals surface area contributed by atoms with Gasteiger partial charge >= 0.3 is 6.03 Å². The van der Waals surface area contributed by atoms with Crippen LogP contribution in [0.2, 0.25) is 0 Å². The van der Waals surface area contributed by atoms with Gasteiger partial charge in [0, 0.05) is 20.1 Å². The number of nitrogens with zero attached hydrogens (tertiary/aromatic N) is 4. The van der Waals surface area contributed by atoms with E-state index in [1.54, 1.807) is 11.9 Å². The van der Waals surface area contributed by atoms with Crippen LogP contribution in [0.25, 0.3) is 0 Å². The molecule has 0 atom stereocenters. The highest BCUT2D eigenvalue weighted by molar-refractivity contribution is 5.74. The van der Waals surface area contributed by atoms with Crippen LogP contribution in [0.1, 0.15) is 37.3 Å². The molecule has 1 aliphatic rings. The largest absolute Gasteiger partial charge is 0.325 e. The van der Waals surface area contributed by atoms with E-state index >= 15 is 0 Å². The van der Waals surface area contributed by atoms with E-state index in [-0.39, 0.29) is 6.03 Å². The van der Waals surface area contributed by atoms with E-state index in [1.807, 2.05) is 11.8 Å². The molecule has 0 bridgehead atoms. The van der Waals surface area contributed by atoms with Gasteiger partial charge in [-0.15, -0.1) is 0 Å². The van der Waals surface area contributed by atoms with Crippen LogP contribution in [0.3, 0.4) is 0 Å². The van der Waals surface area contributed by atoms with Crippen LogP contribution in [-0.2, 0) is 6.54 Å². The van der Waals surface area contributed by atoms with Crippen LogP contribution in [-0.4, -0.2) is 51.1 Å². The summed E-state index contributed by atoms with van der Waals surface area (Å²) >= 11 is 0. The summed E-state index contributed by atoms with van der Waals surface area (Å²) in [6.07, 6.45) is 4.68. The van der Waals surface area contributed by atoms with Gasteiger partial charge in [-0.25, -0.2) is 9.78 Å². The zero-order valence-corrected chi connectivity index (χ0v) is 11.1. The number of hydrogen-bond donors (Lipinski definition) is 1. The average Bonchev–Trinajstić information content (AvgIpc) is 2.62. The Bertz CT molecular complexity index is 395. The summed E-state index contributed by atoms with van der Waals surface area (Å²) in [6, 6.07) is 0.0827. The fraction of sp³-hybridized carbons (Fsp3) is 0.750. The Hall–Kier alpha value is -1.59. The molecule has 6 heteroatoms. The third-order valence-electron chi connectivity index (χ3n) is 3.23. The normalized spacial score (nSPS) is 16.4. The van der Waals surface area contributed by atoms with Crippen molar-refractivity contribution in [3.8, 4) is 0 Å². The lowest BCUT2D eigenvalue weighted by Crippen LogP contribution is -2.41. The first kappa shape index (κ1) is 12.9. The molecule has 1 aromatic heterocycles. The van der Waals surface area contributed by atoms with Crippen molar-refractivity contribution >= 4 is 6.03 Å². The van der Waals surface area contributed by atoms with E-state index in [1.165, 1.54) is 12.8 Å². The van der Waals surface area contributed by atoms with Crippen LogP contribution < -0.4 is 0 Å². The molecule has 1 saturated heterocycles. The molecular formula is C12H21N5O. The molecule has 18 heavy (non-hydrogen) atoms. The lowest BCUT2D eigenvalue weighted by atomic mass is 10.2. The second-order valence-electron chi connectivity index (χ2n) is 4.88. The topological polar surface area (TPSA) is 65.1 Å². The molecule has 0 unspecified atom stereocenters. The maximum Gasteiger partial charge on any atom is 0.320 e. The number of aryl methyl sites for hydroxylation is 1. The van der Waals surface area contributed by atoms with Gasteiger partial charge in [-0.2, -0.15) is 5.10 Å². The predicted molar refractivity (Wildman–Crippen MR) is 68.0 cm³/mol. The lowest BCUT2D eigenvalue weighted by Gasteiger charge is -2.26. The van der Waals surface area contributed by atoms with E-state index in [4.69, 9.17) is 0 Å². The number of aromatic amines is 1. The third-order valence-corrected chi connectivity index (χ3v) is 3.23. The molecule has 0 aromatic carbocycles. The number of amides is 2. The quantitative estimate of drug-likeness (QED) is 0.867. The second kappa shape index (κ2) is 5.84. The molecule has 6 nitrogen and oxygen atoms in total. The Morgan fingerprint density at radius 3 is 2.56 bits per heavy atom. The standard InChI is InChI=1S/C12H21N5O/c1-10-13-11(15-14-10)9-16(2)12(18)17-7-5-3-4-6-8-17/h3-9H2,1-2H3,(H,13,14,15). The van der Waals surface area contributed by atoms with Crippen molar-refractivity contribution < 1.29 is 4.79 Å². The summed E-state index contributed by atoms with van der Waals surface area (Å²) in [5, 5.41) is 6.84. The van der Waals surface area contributed by atoms with Crippen molar-refractivity contribution in [1.82, 2.24) is 25.0 Å². The van der Waals surface area contributed by atoms with Gasteiger partial charge in [-0.3, -0.25) is 5.10 Å². The number of rotatable bonds is 2. The molecule has 2 heterocycles. The summed E-state index contributed by atoms with van der Waals surface area (Å²) < 4.78 is 0. The minimum atomic E-state index is 0.0827. The number of likely N-dealkylation sites (tertiary alicyclic amines) is 1. The summed E-state index contributed by atoms with van der Waals surface area (Å²) in [7, 11) is 1.80. The van der Waals surface area contributed by atoms with E-state index in [0.717, 1.165) is 31.8 Å². The van der Waals surface area contributed by atoms with Crippen molar-refractivity contribution in [3.63, 3.8) is 0 Å². The molecule has 1 N–H and O–H groups in total. The number of carbonyl (C=O) groups is 1. The molecule has 1 aromatic rings. The van der Waals surface area contributed by atoms with Gasteiger partial charge in [0.2, 0.25) is 0 Å². The fourth-order valence-electron chi connectivity index (χ4n) is 2.24. The first-order valence-electron chi connectivity index (χ1n) is 6.55. The Kier molecular flexibility index (Phi) is 4.17. The Morgan fingerprint density at radius 2 is 2.00 bits per heavy atom. The van der Waals surface area contributed by atoms with Crippen molar-refractivity contribution in [2.24, 2.45) is 0 Å². The Morgan fingerprint density at radius 1 is 1.33 bits per heavy atom. The number of H-pyrrole nitrogens is 1. The van der Waals surface area contributed by atoms with Gasteiger partial charge in [-0.05, 0) is 19.8 Å². The zero-order chi connectivity index (χ0) is 13.0. The molecule has 0 radical (unpaired) electrons. The zero-order valence-electron chi connectivity index (χ0n) is 11.1. The second-order valence-corrected chi connectivity index (χ2v) is 4.88. The van der Waals surface area contributed by atoms with Gasteiger partial charge in [0.25, 0.3) is 0 Å². The van der Waals surface area contributed by atoms with Crippen LogP contribution >= 0.6 is 0 Å². The molecule has 0 aliphatic carbocycles. The monoisotopic (exact) mass is 251 g/mol. The molecule has 100 valence electrons. The van der Waals surface area contributed by atoms with Gasteiger partial charge in [0.15, 0.2) is 5.82 Å². The number of nitrogens with one attached hydrogen (secondary N) is 1. The molecular weight excluding hydrogens is 230 g/mol. The van der Waals surface area contributed by atoms with Crippen LogP contribution in [0.15, 0.2) is 0 Å². The van der Waals surface area contributed by atoms with Gasteiger partial charge in [0.1, 0.15) is 5.82 Å². The van der Waals surface area contributed by atoms with Crippen molar-refractivity contribution in [2.45, 2.75) is 39.2 Å². The SMILES string of the molecule is Cc1nc(CN(C)C(=O)N2CCCCCC2)n[nH]1. The highest BCUT2D eigenvalue weighted by atomic mass is 16.2. The molecule has 1 fully saturated rings. The minimum absolute atomic E-state index is 0.0827. The lowest BCUT2D eigenvalue weighted by molar-refractivity contribution is 0.161. The highest BCUT2D eigenvalue weighted by Crippen LogP contribution is 2.12. The molecule has 1 aliphatic heterocycles. The molecule has 0 saturated carbocycles. The van der Waals surface area contributed by atoms with E-state index < -0.39 is 0 Å². The number of carbonyl (C=O) groups excluding carboxylic acids is 1. The first-order chi connectivity index (χ1) is 8.66. The van der Waals surface area contributed by atoms with Gasteiger partial charge < -0.3 is 9.80 Å². The van der Waals surface area contributed by atoms with Crippen molar-refractivity contribution in [3.05, 3.63) is 11.6 Å². The number of urea groups is 1.